The molecule has 1 N–H and O–H groups in total. The number of pyridine rings is 1. The summed E-state index contributed by atoms with van der Waals surface area (Å²) in [5.74, 6) is 1.03. The van der Waals surface area contributed by atoms with Crippen LogP contribution < -0.4 is 10.1 Å². The second-order valence-electron chi connectivity index (χ2n) is 3.27. The van der Waals surface area contributed by atoms with Gasteiger partial charge in [0, 0.05) is 18.9 Å². The highest BCUT2D eigenvalue weighted by atomic mass is 79.9. The molecule has 0 saturated carbocycles. The van der Waals surface area contributed by atoms with E-state index >= 15 is 0 Å². The van der Waals surface area contributed by atoms with Gasteiger partial charge in [-0.3, -0.25) is 4.98 Å². The van der Waals surface area contributed by atoms with Crippen LogP contribution in [-0.2, 0) is 6.54 Å². The van der Waals surface area contributed by atoms with Gasteiger partial charge in [0.05, 0.1) is 17.8 Å². The average Bonchev–Trinajstić information content (AvgIpc) is 2.39. The first kappa shape index (κ1) is 11.8. The molecule has 0 unspecified atom stereocenters. The van der Waals surface area contributed by atoms with Crippen LogP contribution in [0.15, 0.2) is 35.2 Å². The van der Waals surface area contributed by atoms with Crippen molar-refractivity contribution in [2.24, 2.45) is 0 Å². The van der Waals surface area contributed by atoms with Crippen LogP contribution in [-0.4, -0.2) is 22.1 Å². The van der Waals surface area contributed by atoms with E-state index in [9.17, 15) is 0 Å². The summed E-state index contributed by atoms with van der Waals surface area (Å²) in [6.07, 6.45) is 5.18. The summed E-state index contributed by atoms with van der Waals surface area (Å²) < 4.78 is 5.82. The molecule has 5 nitrogen and oxygen atoms in total. The van der Waals surface area contributed by atoms with E-state index in [1.165, 1.54) is 0 Å². The van der Waals surface area contributed by atoms with E-state index < -0.39 is 0 Å². The molecule has 0 aliphatic heterocycles. The van der Waals surface area contributed by atoms with Crippen molar-refractivity contribution >= 4 is 21.9 Å². The largest absolute Gasteiger partial charge is 0.480 e. The Labute approximate surface area is 107 Å². The fraction of sp³-hybridized carbons (Fsp3) is 0.182. The van der Waals surface area contributed by atoms with E-state index in [4.69, 9.17) is 4.74 Å². The molecule has 0 fully saturated rings. The van der Waals surface area contributed by atoms with Crippen molar-refractivity contribution in [1.29, 1.82) is 0 Å². The van der Waals surface area contributed by atoms with Gasteiger partial charge in [-0.15, -0.1) is 0 Å². The van der Waals surface area contributed by atoms with Crippen molar-refractivity contribution in [2.75, 3.05) is 12.4 Å². The zero-order valence-electron chi connectivity index (χ0n) is 9.22. The SMILES string of the molecule is COc1nc(NCc2cccnc2)ncc1Br. The molecular formula is C11H11BrN4O. The van der Waals surface area contributed by atoms with Crippen molar-refractivity contribution in [2.45, 2.75) is 6.54 Å². The van der Waals surface area contributed by atoms with Gasteiger partial charge in [0.15, 0.2) is 0 Å². The number of methoxy groups -OCH3 is 1. The molecule has 0 atom stereocenters. The fourth-order valence-corrected chi connectivity index (χ4v) is 1.62. The Morgan fingerprint density at radius 1 is 1.41 bits per heavy atom. The second-order valence-corrected chi connectivity index (χ2v) is 4.12. The zero-order valence-corrected chi connectivity index (χ0v) is 10.8. The minimum absolute atomic E-state index is 0.508. The average molecular weight is 295 g/mol. The molecule has 0 aliphatic carbocycles. The fourth-order valence-electron chi connectivity index (χ4n) is 1.26. The van der Waals surface area contributed by atoms with Crippen molar-refractivity contribution in [3.05, 3.63) is 40.8 Å². The van der Waals surface area contributed by atoms with Gasteiger partial charge in [-0.2, -0.15) is 4.98 Å². The first-order valence-electron chi connectivity index (χ1n) is 4.99. The van der Waals surface area contributed by atoms with Gasteiger partial charge in [-0.1, -0.05) is 6.07 Å². The Kier molecular flexibility index (Phi) is 3.87. The number of aromatic nitrogens is 3. The van der Waals surface area contributed by atoms with E-state index in [2.05, 4.69) is 36.2 Å². The van der Waals surface area contributed by atoms with E-state index in [1.807, 2.05) is 12.1 Å². The van der Waals surface area contributed by atoms with E-state index in [1.54, 1.807) is 25.7 Å². The van der Waals surface area contributed by atoms with Crippen molar-refractivity contribution in [1.82, 2.24) is 15.0 Å². The van der Waals surface area contributed by atoms with Crippen LogP contribution in [0.5, 0.6) is 5.88 Å². The molecular weight excluding hydrogens is 284 g/mol. The summed E-state index contributed by atoms with van der Waals surface area (Å²) in [6, 6.07) is 3.87. The lowest BCUT2D eigenvalue weighted by Gasteiger charge is -2.06. The number of hydrogen-bond donors (Lipinski definition) is 1. The minimum Gasteiger partial charge on any atom is -0.480 e. The summed E-state index contributed by atoms with van der Waals surface area (Å²) >= 11 is 3.30. The number of halogens is 1. The van der Waals surface area contributed by atoms with E-state index in [0.717, 1.165) is 10.0 Å². The highest BCUT2D eigenvalue weighted by Crippen LogP contribution is 2.21. The van der Waals surface area contributed by atoms with Crippen LogP contribution in [0.3, 0.4) is 0 Å². The van der Waals surface area contributed by atoms with Crippen molar-refractivity contribution in [3.63, 3.8) is 0 Å². The maximum atomic E-state index is 5.09. The molecule has 0 amide bonds. The van der Waals surface area contributed by atoms with E-state index in [-0.39, 0.29) is 0 Å². The van der Waals surface area contributed by atoms with Crippen LogP contribution in [0.4, 0.5) is 5.95 Å². The number of anilines is 1. The molecule has 88 valence electrons. The first-order chi connectivity index (χ1) is 8.29. The van der Waals surface area contributed by atoms with Gasteiger partial charge in [-0.25, -0.2) is 4.98 Å². The predicted octanol–water partition coefficient (Wildman–Crippen LogP) is 2.25. The van der Waals surface area contributed by atoms with Crippen LogP contribution in [0.2, 0.25) is 0 Å². The number of nitrogens with zero attached hydrogens (tertiary/aromatic N) is 3. The Bertz CT molecular complexity index is 492. The molecule has 0 bridgehead atoms. The first-order valence-corrected chi connectivity index (χ1v) is 5.78. The molecule has 2 aromatic heterocycles. The second kappa shape index (κ2) is 5.58. The topological polar surface area (TPSA) is 59.9 Å². The molecule has 0 aliphatic rings. The van der Waals surface area contributed by atoms with Gasteiger partial charge >= 0.3 is 0 Å². The lowest BCUT2D eigenvalue weighted by Crippen LogP contribution is -2.04. The third-order valence-electron chi connectivity index (χ3n) is 2.08. The maximum absolute atomic E-state index is 5.09. The van der Waals surface area contributed by atoms with Gasteiger partial charge < -0.3 is 10.1 Å². The summed E-state index contributed by atoms with van der Waals surface area (Å²) in [7, 11) is 1.57. The summed E-state index contributed by atoms with van der Waals surface area (Å²) in [6.45, 7) is 0.624. The predicted molar refractivity (Wildman–Crippen MR) is 67.8 cm³/mol. The molecule has 2 rings (SSSR count). The van der Waals surface area contributed by atoms with Crippen LogP contribution >= 0.6 is 15.9 Å². The molecule has 17 heavy (non-hydrogen) atoms. The Morgan fingerprint density at radius 2 is 2.29 bits per heavy atom. The number of ether oxygens (including phenoxy) is 1. The molecule has 0 spiro atoms. The van der Waals surface area contributed by atoms with Gasteiger partial charge in [0.25, 0.3) is 0 Å². The molecule has 0 aromatic carbocycles. The zero-order chi connectivity index (χ0) is 12.1. The molecule has 2 heterocycles. The normalized spacial score (nSPS) is 10.0. The van der Waals surface area contributed by atoms with E-state index in [0.29, 0.717) is 18.4 Å². The molecule has 0 radical (unpaired) electrons. The highest BCUT2D eigenvalue weighted by molar-refractivity contribution is 9.10. The van der Waals surface area contributed by atoms with Crippen LogP contribution in [0.1, 0.15) is 5.56 Å². The number of nitrogens with one attached hydrogen (secondary N) is 1. The summed E-state index contributed by atoms with van der Waals surface area (Å²) in [5.41, 5.74) is 1.07. The van der Waals surface area contributed by atoms with Crippen LogP contribution in [0.25, 0.3) is 0 Å². The van der Waals surface area contributed by atoms with Crippen LogP contribution in [0, 0.1) is 0 Å². The Balaban J connectivity index is 2.04. The number of rotatable bonds is 4. The highest BCUT2D eigenvalue weighted by Gasteiger charge is 2.04. The summed E-state index contributed by atoms with van der Waals surface area (Å²) in [4.78, 5) is 12.4. The number of hydrogen-bond acceptors (Lipinski definition) is 5. The third kappa shape index (κ3) is 3.13. The molecule has 2 aromatic rings. The van der Waals surface area contributed by atoms with Crippen molar-refractivity contribution in [3.8, 4) is 5.88 Å². The van der Waals surface area contributed by atoms with Gasteiger partial charge in [-0.05, 0) is 27.6 Å². The third-order valence-corrected chi connectivity index (χ3v) is 2.62. The quantitative estimate of drug-likeness (QED) is 0.937. The standard InChI is InChI=1S/C11H11BrN4O/c1-17-10-9(12)7-15-11(16-10)14-6-8-3-2-4-13-5-8/h2-5,7H,6H2,1H3,(H,14,15,16). The lowest BCUT2D eigenvalue weighted by atomic mass is 10.3. The minimum atomic E-state index is 0.508. The smallest absolute Gasteiger partial charge is 0.232 e. The van der Waals surface area contributed by atoms with Gasteiger partial charge in [0.2, 0.25) is 11.8 Å². The summed E-state index contributed by atoms with van der Waals surface area (Å²) in [5, 5.41) is 3.10. The van der Waals surface area contributed by atoms with Crippen molar-refractivity contribution < 1.29 is 4.74 Å². The Morgan fingerprint density at radius 3 is 3.00 bits per heavy atom. The maximum Gasteiger partial charge on any atom is 0.232 e. The monoisotopic (exact) mass is 294 g/mol. The molecule has 0 saturated heterocycles. The molecule has 6 heteroatoms. The van der Waals surface area contributed by atoms with Gasteiger partial charge in [0.1, 0.15) is 0 Å². The lowest BCUT2D eigenvalue weighted by molar-refractivity contribution is 0.394. The Hall–Kier alpha value is -1.69.